The van der Waals surface area contributed by atoms with Crippen molar-refractivity contribution in [3.05, 3.63) is 28.8 Å². The van der Waals surface area contributed by atoms with E-state index in [0.717, 1.165) is 12.0 Å². The zero-order chi connectivity index (χ0) is 13.5. The maximum atomic E-state index is 10.7. The van der Waals surface area contributed by atoms with Crippen LogP contribution in [0.1, 0.15) is 18.9 Å². The summed E-state index contributed by atoms with van der Waals surface area (Å²) in [6.07, 6.45) is 3.71. The number of carbonyl (C=O) groups excluding carboxylic acids is 1. The van der Waals surface area contributed by atoms with Crippen LogP contribution in [0.15, 0.2) is 18.2 Å². The summed E-state index contributed by atoms with van der Waals surface area (Å²) >= 11 is 6.11. The fourth-order valence-electron chi connectivity index (χ4n) is 1.36. The Morgan fingerprint density at radius 2 is 2.22 bits per heavy atom. The third-order valence-corrected chi connectivity index (χ3v) is 2.42. The molecule has 0 aliphatic heterocycles. The number of amides is 1. The fraction of sp³-hybridized carbons (Fsp3) is 0.308. The number of primary amides is 1. The molecule has 0 bridgehead atoms. The molecule has 0 atom stereocenters. The number of hydrogen-bond acceptors (Lipinski definition) is 3. The predicted octanol–water partition coefficient (Wildman–Crippen LogP) is 2.64. The van der Waals surface area contributed by atoms with Crippen LogP contribution in [0.2, 0.25) is 5.02 Å². The number of nitrogens with two attached hydrogens (primary N) is 1. The SMILES string of the molecule is CCCOc1c(Cl)cc(/C=C/C(N)=O)cc1OC. The summed E-state index contributed by atoms with van der Waals surface area (Å²) < 4.78 is 10.7. The van der Waals surface area contributed by atoms with E-state index < -0.39 is 5.91 Å². The van der Waals surface area contributed by atoms with Gasteiger partial charge in [-0.05, 0) is 30.2 Å². The van der Waals surface area contributed by atoms with E-state index in [1.807, 2.05) is 6.92 Å². The van der Waals surface area contributed by atoms with Crippen molar-refractivity contribution in [2.24, 2.45) is 5.73 Å². The third-order valence-electron chi connectivity index (χ3n) is 2.14. The third kappa shape index (κ3) is 3.96. The first-order valence-corrected chi connectivity index (χ1v) is 5.94. The first-order chi connectivity index (χ1) is 8.58. The van der Waals surface area contributed by atoms with E-state index in [2.05, 4.69) is 0 Å². The molecule has 0 heterocycles. The normalized spacial score (nSPS) is 10.6. The van der Waals surface area contributed by atoms with Gasteiger partial charge < -0.3 is 15.2 Å². The Bertz CT molecular complexity index is 458. The molecule has 2 N–H and O–H groups in total. The molecular weight excluding hydrogens is 254 g/mol. The fourth-order valence-corrected chi connectivity index (χ4v) is 1.63. The first kappa shape index (κ1) is 14.4. The van der Waals surface area contributed by atoms with E-state index >= 15 is 0 Å². The van der Waals surface area contributed by atoms with Gasteiger partial charge in [0.25, 0.3) is 0 Å². The quantitative estimate of drug-likeness (QED) is 0.808. The largest absolute Gasteiger partial charge is 0.493 e. The van der Waals surface area contributed by atoms with Gasteiger partial charge in [-0.3, -0.25) is 4.79 Å². The van der Waals surface area contributed by atoms with E-state index in [4.69, 9.17) is 26.8 Å². The van der Waals surface area contributed by atoms with Crippen LogP contribution in [0, 0.1) is 0 Å². The summed E-state index contributed by atoms with van der Waals surface area (Å²) in [6, 6.07) is 3.42. The van der Waals surface area contributed by atoms with Gasteiger partial charge in [-0.2, -0.15) is 0 Å². The highest BCUT2D eigenvalue weighted by Gasteiger charge is 2.10. The molecule has 0 saturated carbocycles. The van der Waals surface area contributed by atoms with Gasteiger partial charge in [0.15, 0.2) is 11.5 Å². The van der Waals surface area contributed by atoms with Crippen LogP contribution in [0.5, 0.6) is 11.5 Å². The van der Waals surface area contributed by atoms with Gasteiger partial charge in [0.2, 0.25) is 5.91 Å². The summed E-state index contributed by atoms with van der Waals surface area (Å²) in [4.78, 5) is 10.7. The summed E-state index contributed by atoms with van der Waals surface area (Å²) in [5.74, 6) is 0.522. The lowest BCUT2D eigenvalue weighted by Crippen LogP contribution is -2.05. The minimum absolute atomic E-state index is 0.437. The van der Waals surface area contributed by atoms with Gasteiger partial charge in [0, 0.05) is 6.08 Å². The van der Waals surface area contributed by atoms with Crippen molar-refractivity contribution in [2.45, 2.75) is 13.3 Å². The van der Waals surface area contributed by atoms with Crippen LogP contribution >= 0.6 is 11.6 Å². The van der Waals surface area contributed by atoms with Gasteiger partial charge in [0.1, 0.15) is 0 Å². The van der Waals surface area contributed by atoms with Crippen LogP contribution in [-0.4, -0.2) is 19.6 Å². The van der Waals surface area contributed by atoms with Crippen LogP contribution in [-0.2, 0) is 4.79 Å². The first-order valence-electron chi connectivity index (χ1n) is 5.56. The Labute approximate surface area is 111 Å². The Morgan fingerprint density at radius 3 is 2.78 bits per heavy atom. The van der Waals surface area contributed by atoms with Crippen molar-refractivity contribution >= 4 is 23.6 Å². The smallest absolute Gasteiger partial charge is 0.241 e. The molecule has 0 aromatic heterocycles. The standard InChI is InChI=1S/C13H16ClNO3/c1-3-6-18-13-10(14)7-9(4-5-12(15)16)8-11(13)17-2/h4-5,7-8H,3,6H2,1-2H3,(H2,15,16)/b5-4+. The van der Waals surface area contributed by atoms with Crippen molar-refractivity contribution in [1.29, 1.82) is 0 Å². The summed E-state index contributed by atoms with van der Waals surface area (Å²) in [5, 5.41) is 0.437. The molecule has 1 aromatic carbocycles. The number of methoxy groups -OCH3 is 1. The predicted molar refractivity (Wildman–Crippen MR) is 72.0 cm³/mol. The molecule has 0 aliphatic rings. The van der Waals surface area contributed by atoms with Crippen LogP contribution in [0.25, 0.3) is 6.08 Å². The highest BCUT2D eigenvalue weighted by molar-refractivity contribution is 6.32. The minimum Gasteiger partial charge on any atom is -0.493 e. The number of carbonyl (C=O) groups is 1. The second kappa shape index (κ2) is 6.91. The zero-order valence-electron chi connectivity index (χ0n) is 10.4. The molecule has 0 fully saturated rings. The number of hydrogen-bond donors (Lipinski definition) is 1. The number of ether oxygens (including phenoxy) is 2. The molecule has 4 nitrogen and oxygen atoms in total. The molecule has 5 heteroatoms. The molecule has 18 heavy (non-hydrogen) atoms. The number of halogens is 1. The molecule has 1 rings (SSSR count). The topological polar surface area (TPSA) is 61.5 Å². The van der Waals surface area contributed by atoms with E-state index in [1.165, 1.54) is 13.2 Å². The maximum Gasteiger partial charge on any atom is 0.241 e. The van der Waals surface area contributed by atoms with E-state index in [0.29, 0.717) is 23.1 Å². The molecule has 0 saturated heterocycles. The van der Waals surface area contributed by atoms with Crippen molar-refractivity contribution < 1.29 is 14.3 Å². The van der Waals surface area contributed by atoms with E-state index in [1.54, 1.807) is 18.2 Å². The van der Waals surface area contributed by atoms with Gasteiger partial charge in [0.05, 0.1) is 18.7 Å². The molecule has 98 valence electrons. The van der Waals surface area contributed by atoms with Gasteiger partial charge >= 0.3 is 0 Å². The second-order valence-corrected chi connectivity index (χ2v) is 4.03. The van der Waals surface area contributed by atoms with Crippen LogP contribution in [0.3, 0.4) is 0 Å². The molecule has 0 aliphatic carbocycles. The lowest BCUT2D eigenvalue weighted by Gasteiger charge is -2.12. The molecule has 0 unspecified atom stereocenters. The Balaban J connectivity index is 3.06. The molecule has 0 spiro atoms. The van der Waals surface area contributed by atoms with Crippen LogP contribution < -0.4 is 15.2 Å². The summed E-state index contributed by atoms with van der Waals surface area (Å²) in [5.41, 5.74) is 5.75. The highest BCUT2D eigenvalue weighted by Crippen LogP contribution is 2.36. The lowest BCUT2D eigenvalue weighted by molar-refractivity contribution is -0.113. The van der Waals surface area contributed by atoms with Crippen molar-refractivity contribution in [2.75, 3.05) is 13.7 Å². The molecule has 1 amide bonds. The molecule has 0 radical (unpaired) electrons. The van der Waals surface area contributed by atoms with Crippen molar-refractivity contribution in [3.63, 3.8) is 0 Å². The van der Waals surface area contributed by atoms with E-state index in [9.17, 15) is 4.79 Å². The molecule has 1 aromatic rings. The summed E-state index contributed by atoms with van der Waals surface area (Å²) in [7, 11) is 1.53. The summed E-state index contributed by atoms with van der Waals surface area (Å²) in [6.45, 7) is 2.57. The van der Waals surface area contributed by atoms with Gasteiger partial charge in [-0.25, -0.2) is 0 Å². The lowest BCUT2D eigenvalue weighted by atomic mass is 10.2. The average Bonchev–Trinajstić information content (AvgIpc) is 2.34. The molecular formula is C13H16ClNO3. The number of rotatable bonds is 6. The van der Waals surface area contributed by atoms with E-state index in [-0.39, 0.29) is 0 Å². The van der Waals surface area contributed by atoms with Crippen molar-refractivity contribution in [3.8, 4) is 11.5 Å². The zero-order valence-corrected chi connectivity index (χ0v) is 11.2. The highest BCUT2D eigenvalue weighted by atomic mass is 35.5. The second-order valence-electron chi connectivity index (χ2n) is 3.62. The van der Waals surface area contributed by atoms with Crippen molar-refractivity contribution in [1.82, 2.24) is 0 Å². The van der Waals surface area contributed by atoms with Crippen LogP contribution in [0.4, 0.5) is 0 Å². The number of benzene rings is 1. The minimum atomic E-state index is -0.517. The maximum absolute atomic E-state index is 10.7. The van der Waals surface area contributed by atoms with Gasteiger partial charge in [-0.15, -0.1) is 0 Å². The Morgan fingerprint density at radius 1 is 1.50 bits per heavy atom. The Kier molecular flexibility index (Phi) is 5.52. The monoisotopic (exact) mass is 269 g/mol. The van der Waals surface area contributed by atoms with Gasteiger partial charge in [-0.1, -0.05) is 18.5 Å². The average molecular weight is 270 g/mol. The Hall–Kier alpha value is -1.68.